The lowest BCUT2D eigenvalue weighted by Gasteiger charge is -2.25. The zero-order chi connectivity index (χ0) is 22.4. The van der Waals surface area contributed by atoms with Gasteiger partial charge in [-0.1, -0.05) is 65.7 Å². The second-order valence-corrected chi connectivity index (χ2v) is 9.26. The number of hydrogen-bond donors (Lipinski definition) is 1. The van der Waals surface area contributed by atoms with E-state index in [2.05, 4.69) is 10.5 Å². The summed E-state index contributed by atoms with van der Waals surface area (Å²) in [6, 6.07) is 20.4. The predicted molar refractivity (Wildman–Crippen MR) is 124 cm³/mol. The van der Waals surface area contributed by atoms with Gasteiger partial charge in [-0.3, -0.25) is 9.10 Å². The van der Waals surface area contributed by atoms with E-state index in [9.17, 15) is 13.2 Å². The van der Waals surface area contributed by atoms with Crippen LogP contribution in [0.5, 0.6) is 0 Å². The molecule has 8 heteroatoms. The first-order chi connectivity index (χ1) is 14.8. The van der Waals surface area contributed by atoms with Gasteiger partial charge in [-0.25, -0.2) is 13.8 Å². The van der Waals surface area contributed by atoms with Crippen LogP contribution in [0, 0.1) is 13.8 Å². The van der Waals surface area contributed by atoms with Crippen LogP contribution < -0.4 is 9.73 Å². The van der Waals surface area contributed by atoms with Crippen molar-refractivity contribution in [2.24, 2.45) is 5.10 Å². The highest BCUT2D eigenvalue weighted by molar-refractivity contribution is 7.92. The molecule has 3 aromatic rings. The number of hydrazone groups is 1. The summed E-state index contributed by atoms with van der Waals surface area (Å²) < 4.78 is 27.7. The number of amides is 1. The van der Waals surface area contributed by atoms with Crippen LogP contribution in [0.25, 0.3) is 0 Å². The zero-order valence-electron chi connectivity index (χ0n) is 17.1. The second-order valence-electron chi connectivity index (χ2n) is 6.96. The van der Waals surface area contributed by atoms with Crippen molar-refractivity contribution in [3.05, 3.63) is 94.5 Å². The maximum absolute atomic E-state index is 13.3. The Morgan fingerprint density at radius 3 is 2.39 bits per heavy atom. The first kappa shape index (κ1) is 22.5. The van der Waals surface area contributed by atoms with Crippen molar-refractivity contribution in [1.29, 1.82) is 0 Å². The third-order valence-corrected chi connectivity index (χ3v) is 6.55. The van der Waals surface area contributed by atoms with Crippen LogP contribution >= 0.6 is 11.6 Å². The molecule has 3 aromatic carbocycles. The van der Waals surface area contributed by atoms with Crippen molar-refractivity contribution >= 4 is 39.4 Å². The van der Waals surface area contributed by atoms with Gasteiger partial charge in [0.1, 0.15) is 6.54 Å². The van der Waals surface area contributed by atoms with Crippen LogP contribution in [0.2, 0.25) is 5.02 Å². The molecule has 0 aliphatic rings. The summed E-state index contributed by atoms with van der Waals surface area (Å²) in [4.78, 5) is 12.7. The topological polar surface area (TPSA) is 78.8 Å². The average molecular weight is 456 g/mol. The summed E-state index contributed by atoms with van der Waals surface area (Å²) in [6.07, 6.45) is 1.50. The Labute approximate surface area is 187 Å². The third kappa shape index (κ3) is 5.71. The molecular weight excluding hydrogens is 434 g/mol. The number of hydrogen-bond acceptors (Lipinski definition) is 4. The molecule has 0 saturated heterocycles. The summed E-state index contributed by atoms with van der Waals surface area (Å²) in [5, 5.41) is 4.31. The molecule has 0 radical (unpaired) electrons. The summed E-state index contributed by atoms with van der Waals surface area (Å²) in [7, 11) is -4.01. The average Bonchev–Trinajstić information content (AvgIpc) is 2.76. The van der Waals surface area contributed by atoms with Gasteiger partial charge >= 0.3 is 0 Å². The quantitative estimate of drug-likeness (QED) is 0.426. The predicted octanol–water partition coefficient (Wildman–Crippen LogP) is 4.30. The van der Waals surface area contributed by atoms with Crippen molar-refractivity contribution in [1.82, 2.24) is 5.43 Å². The van der Waals surface area contributed by atoms with E-state index in [1.165, 1.54) is 24.4 Å². The smallest absolute Gasteiger partial charge is 0.264 e. The fraction of sp³-hybridized carbons (Fsp3) is 0.130. The summed E-state index contributed by atoms with van der Waals surface area (Å²) >= 11 is 6.11. The molecule has 0 aliphatic heterocycles. The van der Waals surface area contributed by atoms with Gasteiger partial charge in [-0.05, 0) is 49.2 Å². The molecule has 0 saturated carbocycles. The van der Waals surface area contributed by atoms with Crippen molar-refractivity contribution in [2.45, 2.75) is 18.7 Å². The Morgan fingerprint density at radius 1 is 1.03 bits per heavy atom. The highest BCUT2D eigenvalue weighted by Gasteiger charge is 2.28. The molecule has 0 fully saturated rings. The van der Waals surface area contributed by atoms with E-state index in [-0.39, 0.29) is 4.90 Å². The van der Waals surface area contributed by atoms with Crippen molar-refractivity contribution in [3.8, 4) is 0 Å². The van der Waals surface area contributed by atoms with E-state index in [1.54, 1.807) is 37.3 Å². The van der Waals surface area contributed by atoms with Gasteiger partial charge in [0.25, 0.3) is 15.9 Å². The Balaban J connectivity index is 1.87. The minimum atomic E-state index is -4.01. The highest BCUT2D eigenvalue weighted by Crippen LogP contribution is 2.29. The van der Waals surface area contributed by atoms with Crippen molar-refractivity contribution in [2.75, 3.05) is 10.8 Å². The number of rotatable bonds is 7. The molecule has 0 aromatic heterocycles. The standard InChI is InChI=1S/C23H22ClN3O3S/c1-17-8-11-19(12-9-17)15-25-26-23(28)16-27(22-14-20(24)13-10-18(22)2)31(29,30)21-6-4-3-5-7-21/h3-15H,16H2,1-2H3,(H,26,28)/b25-15-. The summed E-state index contributed by atoms with van der Waals surface area (Å²) in [5.74, 6) is -0.581. The first-order valence-electron chi connectivity index (χ1n) is 9.50. The second kappa shape index (κ2) is 9.76. The fourth-order valence-corrected chi connectivity index (χ4v) is 4.53. The Morgan fingerprint density at radius 2 is 1.71 bits per heavy atom. The van der Waals surface area contributed by atoms with Gasteiger partial charge < -0.3 is 0 Å². The number of carbonyl (C=O) groups is 1. The van der Waals surface area contributed by atoms with Crippen LogP contribution in [0.3, 0.4) is 0 Å². The third-order valence-electron chi connectivity index (χ3n) is 4.54. The number of nitrogens with zero attached hydrogens (tertiary/aromatic N) is 2. The van der Waals surface area contributed by atoms with Crippen LogP contribution in [0.4, 0.5) is 5.69 Å². The number of nitrogens with one attached hydrogen (secondary N) is 1. The van der Waals surface area contributed by atoms with E-state index < -0.39 is 22.5 Å². The number of aryl methyl sites for hydroxylation is 2. The molecule has 1 amide bonds. The maximum Gasteiger partial charge on any atom is 0.264 e. The van der Waals surface area contributed by atoms with Gasteiger partial charge in [0.15, 0.2) is 0 Å². The van der Waals surface area contributed by atoms with E-state index >= 15 is 0 Å². The number of benzene rings is 3. The van der Waals surface area contributed by atoms with E-state index in [0.29, 0.717) is 16.3 Å². The molecule has 0 aliphatic carbocycles. The monoisotopic (exact) mass is 455 g/mol. The highest BCUT2D eigenvalue weighted by atomic mass is 35.5. The molecular formula is C23H22ClN3O3S. The van der Waals surface area contributed by atoms with E-state index in [0.717, 1.165) is 15.4 Å². The molecule has 0 atom stereocenters. The SMILES string of the molecule is Cc1ccc(/C=N\NC(=O)CN(c2cc(Cl)ccc2C)S(=O)(=O)c2ccccc2)cc1. The number of halogens is 1. The van der Waals surface area contributed by atoms with Gasteiger partial charge in [0.2, 0.25) is 0 Å². The fourth-order valence-electron chi connectivity index (χ4n) is 2.87. The minimum Gasteiger partial charge on any atom is -0.271 e. The molecule has 0 heterocycles. The number of anilines is 1. The summed E-state index contributed by atoms with van der Waals surface area (Å²) in [5.41, 5.74) is 5.31. The van der Waals surface area contributed by atoms with Crippen LogP contribution in [0.15, 0.2) is 82.8 Å². The first-order valence-corrected chi connectivity index (χ1v) is 11.3. The Hall–Kier alpha value is -3.16. The van der Waals surface area contributed by atoms with Crippen LogP contribution in [-0.4, -0.2) is 27.1 Å². The van der Waals surface area contributed by atoms with Crippen molar-refractivity contribution in [3.63, 3.8) is 0 Å². The molecule has 31 heavy (non-hydrogen) atoms. The lowest BCUT2D eigenvalue weighted by atomic mass is 10.2. The normalized spacial score (nSPS) is 11.5. The van der Waals surface area contributed by atoms with E-state index in [1.807, 2.05) is 31.2 Å². The largest absolute Gasteiger partial charge is 0.271 e. The molecule has 0 spiro atoms. The number of sulfonamides is 1. The summed E-state index contributed by atoms with van der Waals surface area (Å²) in [6.45, 7) is 3.28. The van der Waals surface area contributed by atoms with Gasteiger partial charge in [0.05, 0.1) is 16.8 Å². The van der Waals surface area contributed by atoms with Gasteiger partial charge in [0, 0.05) is 5.02 Å². The maximum atomic E-state index is 13.3. The molecule has 1 N–H and O–H groups in total. The zero-order valence-corrected chi connectivity index (χ0v) is 18.7. The van der Waals surface area contributed by atoms with Gasteiger partial charge in [-0.2, -0.15) is 5.10 Å². The minimum absolute atomic E-state index is 0.0744. The lowest BCUT2D eigenvalue weighted by molar-refractivity contribution is -0.119. The molecule has 0 bridgehead atoms. The molecule has 0 unspecified atom stereocenters. The molecule has 3 rings (SSSR count). The molecule has 6 nitrogen and oxygen atoms in total. The lowest BCUT2D eigenvalue weighted by Crippen LogP contribution is -2.40. The Bertz CT molecular complexity index is 1190. The van der Waals surface area contributed by atoms with Crippen LogP contribution in [0.1, 0.15) is 16.7 Å². The number of carbonyl (C=O) groups excluding carboxylic acids is 1. The van der Waals surface area contributed by atoms with E-state index in [4.69, 9.17) is 11.6 Å². The van der Waals surface area contributed by atoms with Crippen molar-refractivity contribution < 1.29 is 13.2 Å². The van der Waals surface area contributed by atoms with Gasteiger partial charge in [-0.15, -0.1) is 0 Å². The molecule has 160 valence electrons. The Kier molecular flexibility index (Phi) is 7.09. The van der Waals surface area contributed by atoms with Crippen LogP contribution in [-0.2, 0) is 14.8 Å².